The molecule has 22 heavy (non-hydrogen) atoms. The van der Waals surface area contributed by atoms with Gasteiger partial charge in [0.2, 0.25) is 0 Å². The van der Waals surface area contributed by atoms with Gasteiger partial charge in [-0.2, -0.15) is 0 Å². The number of nitrogens with two attached hydrogens (primary N) is 1. The number of carboxylic acids is 2. The van der Waals surface area contributed by atoms with E-state index in [1.807, 2.05) is 0 Å². The van der Waals surface area contributed by atoms with Crippen LogP contribution in [0.25, 0.3) is 0 Å². The molecular weight excluding hydrogens is 296 g/mol. The maximum Gasteiger partial charge on any atom is 0.360 e. The van der Waals surface area contributed by atoms with Crippen LogP contribution < -0.4 is 5.73 Å². The van der Waals surface area contributed by atoms with Gasteiger partial charge in [0.1, 0.15) is 6.04 Å². The second-order valence-corrected chi connectivity index (χ2v) is 4.71. The van der Waals surface area contributed by atoms with Crippen LogP contribution in [0.15, 0.2) is 4.99 Å². The predicted molar refractivity (Wildman–Crippen MR) is 73.4 cm³/mol. The fourth-order valence-corrected chi connectivity index (χ4v) is 1.81. The molecule has 2 atom stereocenters. The molecule has 0 aliphatic carbocycles. The molecule has 120 valence electrons. The molecule has 10 heteroatoms. The molecule has 0 aromatic heterocycles. The molecule has 1 unspecified atom stereocenters. The minimum atomic E-state index is -1.34. The Morgan fingerprint density at radius 1 is 1.45 bits per heavy atom. The number of carbonyl (C=O) groups is 4. The minimum absolute atomic E-state index is 0.0414. The van der Waals surface area contributed by atoms with E-state index in [2.05, 4.69) is 4.99 Å². The number of hydrogen-bond acceptors (Lipinski definition) is 6. The number of carbonyl (C=O) groups excluding carboxylic acids is 2. The number of carboxylic acid groups (broad SMARTS) is 2. The third-order valence-corrected chi connectivity index (χ3v) is 3.21. The van der Waals surface area contributed by atoms with E-state index in [-0.39, 0.29) is 18.8 Å². The first-order chi connectivity index (χ1) is 10.2. The van der Waals surface area contributed by atoms with Gasteiger partial charge in [-0.05, 0) is 6.42 Å². The predicted octanol–water partition coefficient (Wildman–Crippen LogP) is -2.05. The highest BCUT2D eigenvalue weighted by Crippen LogP contribution is 2.10. The van der Waals surface area contributed by atoms with Crippen LogP contribution in [-0.4, -0.2) is 75.8 Å². The van der Waals surface area contributed by atoms with Crippen molar-refractivity contribution >= 4 is 35.9 Å². The van der Waals surface area contributed by atoms with Crippen LogP contribution in [-0.2, 0) is 19.2 Å². The van der Waals surface area contributed by atoms with Gasteiger partial charge in [-0.1, -0.05) is 0 Å². The Bertz CT molecular complexity index is 582. The molecule has 4 N–H and O–H groups in total. The first kappa shape index (κ1) is 17.3. The zero-order valence-corrected chi connectivity index (χ0v) is 12.1. The highest BCUT2D eigenvalue weighted by atomic mass is 16.4. The van der Waals surface area contributed by atoms with Crippen LogP contribution in [0.5, 0.6) is 0 Å². The van der Waals surface area contributed by atoms with Crippen molar-refractivity contribution in [3.8, 4) is 0 Å². The molecular formula is C12H17N4O6+. The summed E-state index contributed by atoms with van der Waals surface area (Å²) in [7, 11) is 2.75. The van der Waals surface area contributed by atoms with Crippen LogP contribution in [0.4, 0.5) is 0 Å². The molecule has 0 bridgehead atoms. The minimum Gasteiger partial charge on any atom is -0.481 e. The molecule has 0 aromatic rings. The summed E-state index contributed by atoms with van der Waals surface area (Å²) in [4.78, 5) is 50.2. The topological polar surface area (TPSA) is 153 Å². The summed E-state index contributed by atoms with van der Waals surface area (Å²) in [5.41, 5.74) is 5.57. The van der Waals surface area contributed by atoms with Crippen LogP contribution in [0.1, 0.15) is 12.8 Å². The third kappa shape index (κ3) is 3.65. The Kier molecular flexibility index (Phi) is 5.33. The highest BCUT2D eigenvalue weighted by molar-refractivity contribution is 6.17. The molecule has 1 rings (SSSR count). The van der Waals surface area contributed by atoms with E-state index >= 15 is 0 Å². The Morgan fingerprint density at radius 2 is 2.05 bits per heavy atom. The largest absolute Gasteiger partial charge is 0.481 e. The van der Waals surface area contributed by atoms with Crippen LogP contribution in [0.2, 0.25) is 0 Å². The fraction of sp³-hybridized carbons (Fsp3) is 0.500. The summed E-state index contributed by atoms with van der Waals surface area (Å²) in [6.45, 7) is 0. The molecule has 0 saturated carbocycles. The summed E-state index contributed by atoms with van der Waals surface area (Å²) >= 11 is 0. The standard InChI is InChI=1S/C12H16N4O6/c1-15-9(19)6(10(20)16(2)12(15)13)5-14-7(11(21)22)3-4-8(17)18/h5-7,13H,3-4H2,1-2H3,(H2,17,18,21,22)/p+1/t7-/m1/s1. The van der Waals surface area contributed by atoms with E-state index in [0.29, 0.717) is 0 Å². The number of guanidine groups is 1. The van der Waals surface area contributed by atoms with Gasteiger partial charge in [0.15, 0.2) is 5.92 Å². The second kappa shape index (κ2) is 6.78. The fourth-order valence-electron chi connectivity index (χ4n) is 1.81. The van der Waals surface area contributed by atoms with E-state index in [9.17, 15) is 19.2 Å². The van der Waals surface area contributed by atoms with E-state index in [4.69, 9.17) is 15.9 Å². The molecule has 0 aromatic carbocycles. The van der Waals surface area contributed by atoms with Crippen molar-refractivity contribution in [1.82, 2.24) is 4.90 Å². The lowest BCUT2D eigenvalue weighted by atomic mass is 10.1. The monoisotopic (exact) mass is 313 g/mol. The maximum absolute atomic E-state index is 12.0. The van der Waals surface area contributed by atoms with Crippen molar-refractivity contribution in [1.29, 1.82) is 0 Å². The quantitative estimate of drug-likeness (QED) is 0.289. The number of rotatable bonds is 6. The van der Waals surface area contributed by atoms with E-state index in [0.717, 1.165) is 15.7 Å². The van der Waals surface area contributed by atoms with Crippen molar-refractivity contribution < 1.29 is 34.0 Å². The lowest BCUT2D eigenvalue weighted by Gasteiger charge is -2.21. The average molecular weight is 313 g/mol. The first-order valence-corrected chi connectivity index (χ1v) is 6.32. The Labute approximate surface area is 125 Å². The van der Waals surface area contributed by atoms with Gasteiger partial charge in [0.05, 0.1) is 14.1 Å². The van der Waals surface area contributed by atoms with Crippen molar-refractivity contribution in [2.24, 2.45) is 16.6 Å². The summed E-state index contributed by atoms with van der Waals surface area (Å²) in [5, 5.41) is 17.5. The second-order valence-electron chi connectivity index (χ2n) is 4.71. The molecule has 0 spiro atoms. The SMILES string of the molecule is CN1C(=O)C(C=N[C@H](CCC(=O)O)C(=O)O)C(=O)[N+](C)=C1N. The first-order valence-electron chi connectivity index (χ1n) is 6.32. The lowest BCUT2D eigenvalue weighted by Crippen LogP contribution is -2.56. The van der Waals surface area contributed by atoms with Gasteiger partial charge in [-0.15, -0.1) is 0 Å². The molecule has 10 nitrogen and oxygen atoms in total. The number of aliphatic imine (C=N–C) groups is 1. The zero-order valence-electron chi connectivity index (χ0n) is 12.1. The van der Waals surface area contributed by atoms with Gasteiger partial charge in [0, 0.05) is 12.6 Å². The van der Waals surface area contributed by atoms with Gasteiger partial charge in [-0.25, -0.2) is 14.3 Å². The molecule has 1 heterocycles. The zero-order chi connectivity index (χ0) is 17.0. The highest BCUT2D eigenvalue weighted by Gasteiger charge is 2.41. The number of amides is 2. The van der Waals surface area contributed by atoms with Gasteiger partial charge in [-0.3, -0.25) is 25.1 Å². The van der Waals surface area contributed by atoms with Crippen molar-refractivity contribution in [3.63, 3.8) is 0 Å². The molecule has 0 fully saturated rings. The van der Waals surface area contributed by atoms with Crippen molar-refractivity contribution in [3.05, 3.63) is 0 Å². The van der Waals surface area contributed by atoms with Gasteiger partial charge >= 0.3 is 29.7 Å². The summed E-state index contributed by atoms with van der Waals surface area (Å²) in [6.07, 6.45) is 0.308. The Balaban J connectivity index is 2.95. The Hall–Kier alpha value is -2.78. The smallest absolute Gasteiger partial charge is 0.360 e. The number of hydrogen-bond donors (Lipinski definition) is 3. The van der Waals surface area contributed by atoms with Crippen LogP contribution in [0, 0.1) is 5.92 Å². The van der Waals surface area contributed by atoms with E-state index < -0.39 is 35.7 Å². The molecule has 0 radical (unpaired) electrons. The molecule has 2 amide bonds. The third-order valence-electron chi connectivity index (χ3n) is 3.21. The van der Waals surface area contributed by atoms with E-state index in [1.54, 1.807) is 0 Å². The van der Waals surface area contributed by atoms with Gasteiger partial charge < -0.3 is 10.2 Å². The van der Waals surface area contributed by atoms with Crippen LogP contribution >= 0.6 is 0 Å². The summed E-state index contributed by atoms with van der Waals surface area (Å²) in [6, 6.07) is -1.34. The van der Waals surface area contributed by atoms with E-state index in [1.165, 1.54) is 14.1 Å². The summed E-state index contributed by atoms with van der Waals surface area (Å²) < 4.78 is 1.06. The maximum atomic E-state index is 12.0. The van der Waals surface area contributed by atoms with Crippen LogP contribution in [0.3, 0.4) is 0 Å². The Morgan fingerprint density at radius 3 is 2.55 bits per heavy atom. The normalized spacial score (nSPS) is 20.6. The molecule has 0 saturated heterocycles. The number of aliphatic carboxylic acids is 2. The number of nitrogens with zero attached hydrogens (tertiary/aromatic N) is 3. The lowest BCUT2D eigenvalue weighted by molar-refractivity contribution is -0.429. The molecule has 1 aliphatic heterocycles. The van der Waals surface area contributed by atoms with Gasteiger partial charge in [0.25, 0.3) is 0 Å². The van der Waals surface area contributed by atoms with Crippen molar-refractivity contribution in [2.75, 3.05) is 14.1 Å². The summed E-state index contributed by atoms with van der Waals surface area (Å²) in [5.74, 6) is -5.08. The average Bonchev–Trinajstić information content (AvgIpc) is 2.45. The molecule has 1 aliphatic rings. The van der Waals surface area contributed by atoms with Crippen molar-refractivity contribution in [2.45, 2.75) is 18.9 Å².